The van der Waals surface area contributed by atoms with Gasteiger partial charge in [-0.1, -0.05) is 0 Å². The summed E-state index contributed by atoms with van der Waals surface area (Å²) < 4.78 is 93.2. The van der Waals surface area contributed by atoms with Gasteiger partial charge in [-0.3, -0.25) is 4.98 Å². The fraction of sp³-hybridized carbons (Fsp3) is 0.643. The normalized spacial score (nSPS) is 30.4. The number of aromatic nitrogens is 1. The molecule has 0 aromatic carbocycles. The third-order valence-electron chi connectivity index (χ3n) is 3.27. The minimum Gasteiger partial charge on any atom is -0.491 e. The average molecular weight is 273 g/mol. The lowest BCUT2D eigenvalue weighted by Crippen LogP contribution is -2.41. The summed E-state index contributed by atoms with van der Waals surface area (Å²) >= 11 is 0. The van der Waals surface area contributed by atoms with E-state index < -0.39 is 62.1 Å². The first kappa shape index (κ1) is 6.14. The van der Waals surface area contributed by atoms with Gasteiger partial charge in [0.2, 0.25) is 0 Å². The van der Waals surface area contributed by atoms with Crippen molar-refractivity contribution in [2.75, 3.05) is 0 Å². The zero-order valence-electron chi connectivity index (χ0n) is 21.2. The Hall–Kier alpha value is -1.07. The predicted octanol–water partition coefficient (Wildman–Crippen LogP) is 2.17. The van der Waals surface area contributed by atoms with Crippen molar-refractivity contribution in [3.8, 4) is 5.75 Å². The third kappa shape index (κ3) is 2.93. The standard InChI is InChI=1S/C14H22BNO3/c1-10(2)17-11-7-8-16-12(9-11)15-18-13(3,4)14(5,6)19-15/h7-10H,1-6H3/i1D3,2D3,7D,8D,9D,10D. The minimum absolute atomic E-state index is 0.280. The zero-order chi connectivity index (χ0) is 22.8. The average Bonchev–Trinajstić information content (AvgIpc) is 2.72. The lowest BCUT2D eigenvalue weighted by Gasteiger charge is -2.32. The summed E-state index contributed by atoms with van der Waals surface area (Å²) in [5.74, 6) is -0.864. The van der Waals surface area contributed by atoms with E-state index in [1.54, 1.807) is 27.7 Å². The quantitative estimate of drug-likeness (QED) is 0.791. The Labute approximate surface area is 129 Å². The van der Waals surface area contributed by atoms with Gasteiger partial charge >= 0.3 is 7.12 Å². The van der Waals surface area contributed by atoms with Gasteiger partial charge in [-0.05, 0) is 53.5 Å². The summed E-state index contributed by atoms with van der Waals surface area (Å²) in [6, 6.07) is -1.50. The summed E-state index contributed by atoms with van der Waals surface area (Å²) in [5.41, 5.74) is -1.91. The van der Waals surface area contributed by atoms with Crippen molar-refractivity contribution in [2.24, 2.45) is 0 Å². The highest BCUT2D eigenvalue weighted by atomic mass is 16.7. The number of hydrogen-bond donors (Lipinski definition) is 0. The van der Waals surface area contributed by atoms with Crippen molar-refractivity contribution < 1.29 is 27.8 Å². The molecule has 1 aromatic heterocycles. The Bertz CT molecular complexity index is 778. The molecule has 0 saturated carbocycles. The van der Waals surface area contributed by atoms with Gasteiger partial charge in [-0.15, -0.1) is 0 Å². The Morgan fingerprint density at radius 1 is 1.37 bits per heavy atom. The highest BCUT2D eigenvalue weighted by Crippen LogP contribution is 2.36. The first-order valence-corrected chi connectivity index (χ1v) is 5.77. The summed E-state index contributed by atoms with van der Waals surface area (Å²) in [4.78, 5) is 3.82. The molecule has 0 radical (unpaired) electrons. The molecule has 4 nitrogen and oxygen atoms in total. The lowest BCUT2D eigenvalue weighted by atomic mass is 9.84. The topological polar surface area (TPSA) is 40.6 Å². The van der Waals surface area contributed by atoms with Crippen LogP contribution in [0, 0.1) is 0 Å². The molecule has 0 spiro atoms. The minimum atomic E-state index is -3.47. The first-order valence-electron chi connectivity index (χ1n) is 10.8. The SMILES string of the molecule is [2H]c1nc(B2OC(C)(C)C(C)(C)O2)c([2H])c(OC([2H])(C([2H])([2H])[2H])C([2H])([2H])[2H])c1[2H]. The summed E-state index contributed by atoms with van der Waals surface area (Å²) in [6.07, 6.45) is -4.17. The van der Waals surface area contributed by atoms with Crippen LogP contribution in [0.25, 0.3) is 0 Å². The van der Waals surface area contributed by atoms with Crippen LogP contribution in [0.1, 0.15) is 55.1 Å². The van der Waals surface area contributed by atoms with Crippen molar-refractivity contribution >= 4 is 12.7 Å². The molecule has 0 atom stereocenters. The first-order chi connectivity index (χ1) is 12.8. The van der Waals surface area contributed by atoms with E-state index in [0.29, 0.717) is 0 Å². The van der Waals surface area contributed by atoms with Gasteiger partial charge in [-0.2, -0.15) is 0 Å². The van der Waals surface area contributed by atoms with Crippen molar-refractivity contribution in [1.82, 2.24) is 4.98 Å². The van der Waals surface area contributed by atoms with E-state index in [-0.39, 0.29) is 5.59 Å². The molecule has 1 fully saturated rings. The molecular formula is C14H22BNO3. The van der Waals surface area contributed by atoms with E-state index in [1.807, 2.05) is 0 Å². The van der Waals surface area contributed by atoms with Gasteiger partial charge in [0.05, 0.1) is 28.4 Å². The van der Waals surface area contributed by atoms with E-state index in [9.17, 15) is 0 Å². The molecule has 0 bridgehead atoms. The van der Waals surface area contributed by atoms with E-state index in [4.69, 9.17) is 27.8 Å². The Balaban J connectivity index is 2.61. The molecule has 1 aliphatic rings. The van der Waals surface area contributed by atoms with E-state index in [0.717, 1.165) is 0 Å². The molecule has 0 unspecified atom stereocenters. The highest BCUT2D eigenvalue weighted by molar-refractivity contribution is 6.61. The van der Waals surface area contributed by atoms with Gasteiger partial charge in [0.1, 0.15) is 5.75 Å². The molecule has 2 rings (SSSR count). The van der Waals surface area contributed by atoms with Crippen LogP contribution in [0.2, 0.25) is 0 Å². The van der Waals surface area contributed by atoms with Crippen LogP contribution in [0.4, 0.5) is 0 Å². The van der Waals surface area contributed by atoms with Crippen molar-refractivity contribution in [2.45, 2.75) is 58.7 Å². The van der Waals surface area contributed by atoms with Gasteiger partial charge in [-0.25, -0.2) is 0 Å². The maximum Gasteiger partial charge on any atom is 0.514 e. The fourth-order valence-corrected chi connectivity index (χ4v) is 1.53. The number of ether oxygens (including phenoxy) is 1. The molecule has 104 valence electrons. The number of rotatable bonds is 3. The number of hydrogen-bond acceptors (Lipinski definition) is 4. The molecule has 0 amide bonds. The second-order valence-electron chi connectivity index (χ2n) is 5.21. The van der Waals surface area contributed by atoms with E-state index in [1.165, 1.54) is 0 Å². The molecule has 2 heterocycles. The third-order valence-corrected chi connectivity index (χ3v) is 3.27. The van der Waals surface area contributed by atoms with Crippen LogP contribution >= 0.6 is 0 Å². The Kier molecular flexibility index (Phi) is 1.55. The summed E-state index contributed by atoms with van der Waals surface area (Å²) in [5, 5.41) is 0. The van der Waals surface area contributed by atoms with Gasteiger partial charge < -0.3 is 14.0 Å². The smallest absolute Gasteiger partial charge is 0.491 e. The summed E-state index contributed by atoms with van der Waals surface area (Å²) in [7, 11) is -1.24. The van der Waals surface area contributed by atoms with E-state index >= 15 is 0 Å². The molecule has 0 aliphatic carbocycles. The van der Waals surface area contributed by atoms with Crippen LogP contribution in [-0.2, 0) is 9.31 Å². The van der Waals surface area contributed by atoms with Crippen LogP contribution < -0.4 is 10.3 Å². The lowest BCUT2D eigenvalue weighted by molar-refractivity contribution is 0.00578. The molecule has 1 aliphatic heterocycles. The molecule has 0 N–H and O–H groups in total. The maximum atomic E-state index is 8.30. The monoisotopic (exact) mass is 273 g/mol. The van der Waals surface area contributed by atoms with Crippen LogP contribution in [0.3, 0.4) is 0 Å². The van der Waals surface area contributed by atoms with Gasteiger partial charge in [0.25, 0.3) is 0 Å². The van der Waals surface area contributed by atoms with Crippen LogP contribution in [0.15, 0.2) is 18.3 Å². The molecule has 5 heteroatoms. The number of pyridine rings is 1. The second-order valence-corrected chi connectivity index (χ2v) is 5.21. The summed E-state index contributed by atoms with van der Waals surface area (Å²) in [6.45, 7) is 0.0957. The highest BCUT2D eigenvalue weighted by Gasteiger charge is 2.52. The predicted molar refractivity (Wildman–Crippen MR) is 75.7 cm³/mol. The Morgan fingerprint density at radius 2 is 2.00 bits per heavy atom. The largest absolute Gasteiger partial charge is 0.514 e. The zero-order valence-corrected chi connectivity index (χ0v) is 11.2. The fourth-order valence-electron chi connectivity index (χ4n) is 1.53. The van der Waals surface area contributed by atoms with Gasteiger partial charge in [0.15, 0.2) is 0 Å². The number of nitrogens with zero attached hydrogens (tertiary/aromatic N) is 1. The Morgan fingerprint density at radius 3 is 2.58 bits per heavy atom. The van der Waals surface area contributed by atoms with Crippen LogP contribution in [0.5, 0.6) is 5.75 Å². The van der Waals surface area contributed by atoms with Crippen molar-refractivity contribution in [3.63, 3.8) is 0 Å². The van der Waals surface area contributed by atoms with Crippen molar-refractivity contribution in [3.05, 3.63) is 18.3 Å². The van der Waals surface area contributed by atoms with Gasteiger partial charge in [0, 0.05) is 14.4 Å². The van der Waals surface area contributed by atoms with Crippen molar-refractivity contribution in [1.29, 1.82) is 0 Å². The molecule has 19 heavy (non-hydrogen) atoms. The molecule has 1 saturated heterocycles. The maximum absolute atomic E-state index is 8.30. The molecular weight excluding hydrogens is 241 g/mol. The molecule has 1 aromatic rings. The van der Waals surface area contributed by atoms with Crippen LogP contribution in [-0.4, -0.2) is 29.4 Å². The van der Waals surface area contributed by atoms with E-state index in [2.05, 4.69) is 4.98 Å². The second kappa shape index (κ2) is 4.80.